The molecule has 134 valence electrons. The zero-order valence-corrected chi connectivity index (χ0v) is 15.7. The molecule has 0 spiro atoms. The lowest BCUT2D eigenvalue weighted by atomic mass is 10.1. The van der Waals surface area contributed by atoms with E-state index in [9.17, 15) is 0 Å². The molecule has 6 heteroatoms. The molecule has 4 nitrogen and oxygen atoms in total. The Labute approximate surface area is 162 Å². The molecule has 0 bridgehead atoms. The Morgan fingerprint density at radius 3 is 2.69 bits per heavy atom. The second kappa shape index (κ2) is 8.79. The zero-order chi connectivity index (χ0) is 18.4. The molecule has 0 amide bonds. The number of halogens is 2. The van der Waals surface area contributed by atoms with Crippen LogP contribution in [0.15, 0.2) is 60.9 Å². The number of allylic oxidation sites excluding steroid dienone is 1. The molecule has 1 atom stereocenters. The van der Waals surface area contributed by atoms with Crippen LogP contribution in [-0.4, -0.2) is 22.1 Å². The lowest BCUT2D eigenvalue weighted by Gasteiger charge is -2.16. The molecule has 0 radical (unpaired) electrons. The van der Waals surface area contributed by atoms with Gasteiger partial charge < -0.3 is 14.5 Å². The highest BCUT2D eigenvalue weighted by Crippen LogP contribution is 2.25. The molecule has 0 saturated heterocycles. The third kappa shape index (κ3) is 5.04. The summed E-state index contributed by atoms with van der Waals surface area (Å²) in [4.78, 5) is 7.34. The van der Waals surface area contributed by atoms with Crippen LogP contribution in [0.5, 0.6) is 11.5 Å². The average Bonchev–Trinajstić information content (AvgIpc) is 3.18. The molecule has 1 heterocycles. The van der Waals surface area contributed by atoms with Crippen molar-refractivity contribution in [2.45, 2.75) is 12.5 Å². The van der Waals surface area contributed by atoms with E-state index in [1.165, 1.54) is 0 Å². The molecule has 0 aliphatic heterocycles. The van der Waals surface area contributed by atoms with Gasteiger partial charge in [-0.05, 0) is 48.9 Å². The molecule has 0 aliphatic carbocycles. The Hall–Kier alpha value is -2.43. The summed E-state index contributed by atoms with van der Waals surface area (Å²) in [5.41, 5.74) is 1.28. The van der Waals surface area contributed by atoms with Gasteiger partial charge in [0.05, 0.1) is 0 Å². The van der Waals surface area contributed by atoms with Crippen LogP contribution in [0.1, 0.15) is 18.3 Å². The highest BCUT2D eigenvalue weighted by atomic mass is 35.5. The van der Waals surface area contributed by atoms with Gasteiger partial charge in [0.2, 0.25) is 5.56 Å². The van der Waals surface area contributed by atoms with Gasteiger partial charge in [0.1, 0.15) is 23.9 Å². The van der Waals surface area contributed by atoms with Crippen molar-refractivity contribution in [3.05, 3.63) is 77.3 Å². The zero-order valence-electron chi connectivity index (χ0n) is 14.2. The fourth-order valence-corrected chi connectivity index (χ4v) is 2.64. The molecular formula is C20H18Cl2N2O2. The fraction of sp³-hybridized carbons (Fsp3) is 0.150. The van der Waals surface area contributed by atoms with Crippen LogP contribution in [0, 0.1) is 0 Å². The van der Waals surface area contributed by atoms with E-state index in [2.05, 4.69) is 9.97 Å². The number of nitrogens with one attached hydrogen (secondary N) is 1. The minimum absolute atomic E-state index is 0.207. The van der Waals surface area contributed by atoms with Gasteiger partial charge in [0.15, 0.2) is 0 Å². The average molecular weight is 389 g/mol. The summed E-state index contributed by atoms with van der Waals surface area (Å²) >= 11 is 12.2. The number of ether oxygens (including phenoxy) is 2. The van der Waals surface area contributed by atoms with Crippen LogP contribution in [0.25, 0.3) is 11.6 Å². The predicted octanol–water partition coefficient (Wildman–Crippen LogP) is 5.65. The van der Waals surface area contributed by atoms with Crippen molar-refractivity contribution in [3.8, 4) is 11.5 Å². The lowest BCUT2D eigenvalue weighted by Crippen LogP contribution is -2.18. The number of H-pyrrole nitrogens is 1. The highest BCUT2D eigenvalue weighted by molar-refractivity contribution is 6.30. The maximum Gasteiger partial charge on any atom is 0.205 e. The molecule has 1 unspecified atom stereocenters. The third-order valence-corrected chi connectivity index (χ3v) is 4.08. The van der Waals surface area contributed by atoms with Crippen LogP contribution < -0.4 is 9.47 Å². The van der Waals surface area contributed by atoms with Gasteiger partial charge in [0.25, 0.3) is 0 Å². The van der Waals surface area contributed by atoms with Crippen LogP contribution >= 0.6 is 23.2 Å². The molecule has 2 aromatic carbocycles. The minimum atomic E-state index is -0.635. The monoisotopic (exact) mass is 388 g/mol. The Morgan fingerprint density at radius 2 is 1.96 bits per heavy atom. The summed E-state index contributed by atoms with van der Waals surface area (Å²) in [5, 5.41) is 0.656. The number of alkyl halides is 1. The molecule has 1 aromatic heterocycles. The fourth-order valence-electron chi connectivity index (χ4n) is 2.35. The first-order valence-electron chi connectivity index (χ1n) is 8.08. The van der Waals surface area contributed by atoms with Crippen molar-refractivity contribution in [1.29, 1.82) is 0 Å². The maximum absolute atomic E-state index is 6.29. The Morgan fingerprint density at radius 1 is 1.19 bits per heavy atom. The molecule has 0 saturated carbocycles. The molecule has 3 aromatic rings. The first-order valence-corrected chi connectivity index (χ1v) is 8.89. The molecule has 26 heavy (non-hydrogen) atoms. The number of hydrogen-bond donors (Lipinski definition) is 1. The van der Waals surface area contributed by atoms with E-state index in [0.29, 0.717) is 16.5 Å². The number of imidazole rings is 1. The van der Waals surface area contributed by atoms with Crippen molar-refractivity contribution in [2.75, 3.05) is 6.61 Å². The van der Waals surface area contributed by atoms with Gasteiger partial charge in [-0.15, -0.1) is 0 Å². The lowest BCUT2D eigenvalue weighted by molar-refractivity contribution is 0.187. The van der Waals surface area contributed by atoms with Crippen molar-refractivity contribution in [3.63, 3.8) is 0 Å². The second-order valence-corrected chi connectivity index (χ2v) is 6.52. The Kier molecular flexibility index (Phi) is 6.21. The van der Waals surface area contributed by atoms with Gasteiger partial charge >= 0.3 is 0 Å². The van der Waals surface area contributed by atoms with Crippen LogP contribution in [0.3, 0.4) is 0 Å². The summed E-state index contributed by atoms with van der Waals surface area (Å²) in [6.45, 7) is 2.19. The van der Waals surface area contributed by atoms with Crippen LogP contribution in [-0.2, 0) is 0 Å². The van der Waals surface area contributed by atoms with Gasteiger partial charge in [-0.2, -0.15) is 0 Å². The van der Waals surface area contributed by atoms with E-state index in [1.807, 2.05) is 37.3 Å². The summed E-state index contributed by atoms with van der Waals surface area (Å²) < 4.78 is 11.5. The van der Waals surface area contributed by atoms with Crippen molar-refractivity contribution in [2.24, 2.45) is 0 Å². The number of aromatic nitrogens is 2. The molecule has 3 rings (SSSR count). The Balaban J connectivity index is 1.66. The molecule has 0 aliphatic rings. The van der Waals surface area contributed by atoms with Gasteiger partial charge in [0, 0.05) is 23.0 Å². The number of rotatable bonds is 7. The van der Waals surface area contributed by atoms with Gasteiger partial charge in [-0.1, -0.05) is 41.4 Å². The number of benzene rings is 2. The first kappa shape index (κ1) is 18.4. The third-order valence-electron chi connectivity index (χ3n) is 3.61. The number of aromatic amines is 1. The van der Waals surface area contributed by atoms with Gasteiger partial charge in [-0.25, -0.2) is 4.98 Å². The van der Waals surface area contributed by atoms with Crippen LogP contribution in [0.2, 0.25) is 5.02 Å². The molecular weight excluding hydrogens is 371 g/mol. The van der Waals surface area contributed by atoms with Crippen molar-refractivity contribution in [1.82, 2.24) is 9.97 Å². The topological polar surface area (TPSA) is 47.1 Å². The number of hydrogen-bond acceptors (Lipinski definition) is 3. The van der Waals surface area contributed by atoms with Crippen LogP contribution in [0.4, 0.5) is 0 Å². The summed E-state index contributed by atoms with van der Waals surface area (Å²) in [5.74, 6) is 2.18. The first-order chi connectivity index (χ1) is 12.6. The molecule has 0 fully saturated rings. The highest BCUT2D eigenvalue weighted by Gasteiger charge is 2.11. The van der Waals surface area contributed by atoms with Gasteiger partial charge in [-0.3, -0.25) is 0 Å². The SMILES string of the molecule is C/C(=C\c1ccccc1OC(Cl)COc1ccc(Cl)cc1)c1ncc[nH]1. The van der Waals surface area contributed by atoms with E-state index in [0.717, 1.165) is 17.0 Å². The van der Waals surface area contributed by atoms with E-state index in [1.54, 1.807) is 36.7 Å². The van der Waals surface area contributed by atoms with E-state index < -0.39 is 5.56 Å². The van der Waals surface area contributed by atoms with Crippen molar-refractivity contribution >= 4 is 34.9 Å². The van der Waals surface area contributed by atoms with Crippen molar-refractivity contribution < 1.29 is 9.47 Å². The maximum atomic E-state index is 6.29. The quantitative estimate of drug-likeness (QED) is 0.532. The largest absolute Gasteiger partial charge is 0.488 e. The second-order valence-electron chi connectivity index (χ2n) is 5.60. The number of nitrogens with zero attached hydrogens (tertiary/aromatic N) is 1. The summed E-state index contributed by atoms with van der Waals surface area (Å²) in [6, 6.07) is 14.8. The minimum Gasteiger partial charge on any atom is -0.488 e. The van der Waals surface area contributed by atoms with E-state index in [-0.39, 0.29) is 6.61 Å². The summed E-state index contributed by atoms with van der Waals surface area (Å²) in [7, 11) is 0. The number of para-hydroxylation sites is 1. The smallest absolute Gasteiger partial charge is 0.205 e. The summed E-state index contributed by atoms with van der Waals surface area (Å²) in [6.07, 6.45) is 5.51. The van der Waals surface area contributed by atoms with E-state index >= 15 is 0 Å². The standard InChI is InChI=1S/C20H18Cl2N2O2/c1-14(20-23-10-11-24-20)12-15-4-2-3-5-18(15)26-19(22)13-25-17-8-6-16(21)7-9-17/h2-12,19H,13H2,1H3,(H,23,24)/b14-12+. The Bertz CT molecular complexity index is 862. The van der Waals surface area contributed by atoms with E-state index in [4.69, 9.17) is 32.7 Å². The normalized spacial score (nSPS) is 12.7. The molecule has 1 N–H and O–H groups in total. The predicted molar refractivity (Wildman–Crippen MR) is 106 cm³/mol.